The van der Waals surface area contributed by atoms with Crippen molar-refractivity contribution in [1.29, 1.82) is 0 Å². The maximum absolute atomic E-state index is 11.9. The van der Waals surface area contributed by atoms with Crippen LogP contribution in [0.2, 0.25) is 0 Å². The summed E-state index contributed by atoms with van der Waals surface area (Å²) in [6.45, 7) is 32.1. The summed E-state index contributed by atoms with van der Waals surface area (Å²) in [4.78, 5) is 11.9. The van der Waals surface area contributed by atoms with E-state index in [-0.39, 0.29) is 39.6 Å². The molecule has 2 aromatic rings. The summed E-state index contributed by atoms with van der Waals surface area (Å²) in [5.41, 5.74) is 6.93. The Kier molecular flexibility index (Phi) is 8.26. The average Bonchev–Trinajstić information content (AvgIpc) is 2.69. The molecule has 2 rings (SSSR count). The Balaban J connectivity index is 3.04. The summed E-state index contributed by atoms with van der Waals surface area (Å²) in [5, 5.41) is 21.4. The number of hydrogen-bond acceptors (Lipinski definition) is 2. The van der Waals surface area contributed by atoms with Gasteiger partial charge in [0.1, 0.15) is 5.75 Å². The zero-order valence-corrected chi connectivity index (χ0v) is 25.6. The molecule has 0 spiro atoms. The van der Waals surface area contributed by atoms with Crippen LogP contribution in [0.4, 0.5) is 0 Å². The van der Waals surface area contributed by atoms with Gasteiger partial charge in [0.25, 0.3) is 0 Å². The fourth-order valence-electron chi connectivity index (χ4n) is 4.83. The smallest absolute Gasteiger partial charge is 0.331 e. The van der Waals surface area contributed by atoms with Crippen LogP contribution in [0.15, 0.2) is 36.4 Å². The van der Waals surface area contributed by atoms with E-state index >= 15 is 0 Å². The molecule has 0 amide bonds. The molecular weight excluding hydrogens is 456 g/mol. The van der Waals surface area contributed by atoms with Crippen molar-refractivity contribution in [3.63, 3.8) is 0 Å². The van der Waals surface area contributed by atoms with E-state index in [2.05, 4.69) is 121 Å². The van der Waals surface area contributed by atoms with Gasteiger partial charge in [-0.1, -0.05) is 121 Å². The Morgan fingerprint density at radius 1 is 0.730 bits per heavy atom. The van der Waals surface area contributed by atoms with Gasteiger partial charge in [0, 0.05) is 23.5 Å². The lowest BCUT2D eigenvalue weighted by Gasteiger charge is -2.33. The van der Waals surface area contributed by atoms with Crippen LogP contribution in [0.1, 0.15) is 135 Å². The number of carbonyl (C=O) groups is 1. The van der Waals surface area contributed by atoms with E-state index in [9.17, 15) is 15.0 Å². The second-order valence-electron chi connectivity index (χ2n) is 14.9. The molecule has 0 bridgehead atoms. The monoisotopic (exact) mass is 506 g/mol. The van der Waals surface area contributed by atoms with Crippen molar-refractivity contribution >= 4 is 5.97 Å². The summed E-state index contributed by atoms with van der Waals surface area (Å²) in [7, 11) is 0. The van der Waals surface area contributed by atoms with Crippen molar-refractivity contribution in [2.45, 2.75) is 124 Å². The van der Waals surface area contributed by atoms with Gasteiger partial charge >= 0.3 is 5.97 Å². The largest absolute Gasteiger partial charge is 0.507 e. The molecule has 0 fully saturated rings. The van der Waals surface area contributed by atoms with Gasteiger partial charge in [-0.2, -0.15) is 0 Å². The molecule has 204 valence electrons. The van der Waals surface area contributed by atoms with Gasteiger partial charge < -0.3 is 10.2 Å². The number of phenolic OH excluding ortho intramolecular Hbond substituents is 1. The number of hydrogen-bond donors (Lipinski definition) is 2. The highest BCUT2D eigenvalue weighted by atomic mass is 16.4. The van der Waals surface area contributed by atoms with Gasteiger partial charge in [-0.25, -0.2) is 4.79 Å². The summed E-state index contributed by atoms with van der Waals surface area (Å²) in [6.07, 6.45) is 0.262. The Hall–Kier alpha value is -2.55. The van der Waals surface area contributed by atoms with Crippen molar-refractivity contribution in [2.24, 2.45) is 0 Å². The van der Waals surface area contributed by atoms with Crippen LogP contribution in [0, 0.1) is 0 Å². The lowest BCUT2D eigenvalue weighted by atomic mass is 9.72. The van der Waals surface area contributed by atoms with Crippen LogP contribution in [-0.4, -0.2) is 16.2 Å². The number of benzene rings is 2. The topological polar surface area (TPSA) is 57.5 Å². The average molecular weight is 507 g/mol. The summed E-state index contributed by atoms with van der Waals surface area (Å²) >= 11 is 0. The molecule has 1 atom stereocenters. The van der Waals surface area contributed by atoms with Crippen molar-refractivity contribution < 1.29 is 15.0 Å². The van der Waals surface area contributed by atoms with Crippen LogP contribution in [0.3, 0.4) is 0 Å². The van der Waals surface area contributed by atoms with Crippen molar-refractivity contribution in [3.05, 3.63) is 75.4 Å². The highest BCUT2D eigenvalue weighted by Crippen LogP contribution is 2.45. The van der Waals surface area contributed by atoms with E-state index in [0.29, 0.717) is 5.75 Å². The van der Waals surface area contributed by atoms with Gasteiger partial charge in [0.2, 0.25) is 0 Å². The number of carboxylic acids is 1. The molecular formula is C34H50O3. The number of phenols is 1. The Bertz CT molecular complexity index is 1190. The van der Waals surface area contributed by atoms with Crippen LogP contribution in [-0.2, 0) is 32.9 Å². The summed E-state index contributed by atoms with van der Waals surface area (Å²) in [5.74, 6) is -0.802. The molecule has 3 heteroatoms. The Labute approximate surface area is 226 Å². The standard InChI is InChI=1S/C34H50O3/c1-20(30(36)37)15-26-24(16-22(31(3,4)5)18-27(26)33(9,10)11)21(2)25-17-23(32(6,7)8)19-28(29(25)35)34(12,13)14/h16-19,21,35H,1,15H2,2-14H3,(H,36,37). The fourth-order valence-corrected chi connectivity index (χ4v) is 4.83. The predicted molar refractivity (Wildman–Crippen MR) is 157 cm³/mol. The number of carboxylic acid groups (broad SMARTS) is 1. The maximum Gasteiger partial charge on any atom is 0.331 e. The first kappa shape index (κ1) is 30.7. The number of rotatable bonds is 5. The van der Waals surface area contributed by atoms with Gasteiger partial charge in [0.15, 0.2) is 0 Å². The first-order valence-corrected chi connectivity index (χ1v) is 13.4. The maximum atomic E-state index is 11.9. The third-order valence-corrected chi connectivity index (χ3v) is 7.40. The molecule has 0 radical (unpaired) electrons. The lowest BCUT2D eigenvalue weighted by Crippen LogP contribution is -2.22. The van der Waals surface area contributed by atoms with E-state index < -0.39 is 5.97 Å². The minimum Gasteiger partial charge on any atom is -0.507 e. The Morgan fingerprint density at radius 3 is 1.51 bits per heavy atom. The summed E-state index contributed by atoms with van der Waals surface area (Å²) in [6, 6.07) is 8.76. The molecule has 0 saturated heterocycles. The van der Waals surface area contributed by atoms with Crippen molar-refractivity contribution in [2.75, 3.05) is 0 Å². The highest BCUT2D eigenvalue weighted by molar-refractivity contribution is 5.86. The van der Waals surface area contributed by atoms with Gasteiger partial charge in [-0.15, -0.1) is 0 Å². The van der Waals surface area contributed by atoms with Gasteiger partial charge in [-0.05, 0) is 55.0 Å². The fraction of sp³-hybridized carbons (Fsp3) is 0.559. The summed E-state index contributed by atoms with van der Waals surface area (Å²) < 4.78 is 0. The van der Waals surface area contributed by atoms with E-state index in [1.165, 1.54) is 11.1 Å². The second kappa shape index (κ2) is 9.97. The normalized spacial score (nSPS) is 14.0. The van der Waals surface area contributed by atoms with Crippen molar-refractivity contribution in [1.82, 2.24) is 0 Å². The number of aliphatic carboxylic acids is 1. The quantitative estimate of drug-likeness (QED) is 0.398. The Morgan fingerprint density at radius 2 is 1.14 bits per heavy atom. The molecule has 0 saturated carbocycles. The van der Waals surface area contributed by atoms with E-state index in [0.717, 1.165) is 27.8 Å². The first-order valence-electron chi connectivity index (χ1n) is 13.4. The van der Waals surface area contributed by atoms with Crippen molar-refractivity contribution in [3.8, 4) is 5.75 Å². The molecule has 2 N–H and O–H groups in total. The molecule has 0 aliphatic carbocycles. The zero-order chi connectivity index (χ0) is 28.9. The van der Waals surface area contributed by atoms with Crippen LogP contribution in [0.5, 0.6) is 5.75 Å². The minimum absolute atomic E-state index is 0.0909. The third-order valence-electron chi connectivity index (χ3n) is 7.40. The third kappa shape index (κ3) is 6.86. The molecule has 2 aromatic carbocycles. The van der Waals surface area contributed by atoms with Crippen LogP contribution >= 0.6 is 0 Å². The molecule has 0 heterocycles. The van der Waals surface area contributed by atoms with E-state index in [1.807, 2.05) is 0 Å². The molecule has 0 aliphatic rings. The first-order chi connectivity index (χ1) is 16.5. The highest BCUT2D eigenvalue weighted by Gasteiger charge is 2.31. The van der Waals surface area contributed by atoms with E-state index in [1.54, 1.807) is 0 Å². The lowest BCUT2D eigenvalue weighted by molar-refractivity contribution is -0.132. The van der Waals surface area contributed by atoms with Gasteiger partial charge in [0.05, 0.1) is 0 Å². The molecule has 0 aliphatic heterocycles. The SMILES string of the molecule is C=C(Cc1c(C(C)c2cc(C(C)(C)C)cc(C(C)(C)C)c2O)cc(C(C)(C)C)cc1C(C)(C)C)C(=O)O. The molecule has 1 unspecified atom stereocenters. The molecule has 0 aromatic heterocycles. The number of aromatic hydroxyl groups is 1. The van der Waals surface area contributed by atoms with Crippen LogP contribution < -0.4 is 0 Å². The van der Waals surface area contributed by atoms with Gasteiger partial charge in [-0.3, -0.25) is 0 Å². The minimum atomic E-state index is -0.981. The van der Waals surface area contributed by atoms with E-state index in [4.69, 9.17) is 0 Å². The predicted octanol–water partition coefficient (Wildman–Crippen LogP) is 8.92. The zero-order valence-electron chi connectivity index (χ0n) is 25.6. The van der Waals surface area contributed by atoms with Crippen LogP contribution in [0.25, 0.3) is 0 Å². The second-order valence-corrected chi connectivity index (χ2v) is 14.9. The molecule has 37 heavy (non-hydrogen) atoms. The molecule has 3 nitrogen and oxygen atoms in total.